The summed E-state index contributed by atoms with van der Waals surface area (Å²) in [5.74, 6) is -1.55. The topological polar surface area (TPSA) is 115 Å². The molecule has 1 heterocycles. The Labute approximate surface area is 209 Å². The lowest BCUT2D eigenvalue weighted by molar-refractivity contribution is -0.112. The molecule has 1 aliphatic heterocycles. The molecule has 184 valence electrons. The lowest BCUT2D eigenvalue weighted by atomic mass is 9.87. The SMILES string of the molecule is CC1=NN(c2ccc(C(C)(C)C)cc2)C(=O)/C1=N\Nc1cc(C)cc(-c2cccc(C(=O)O)c2)c1O. The number of phenols is 1. The Hall–Kier alpha value is -4.46. The number of carbonyl (C=O) groups excluding carboxylic acids is 1. The molecule has 3 aromatic carbocycles. The zero-order chi connectivity index (χ0) is 26.2. The predicted octanol–water partition coefficient (Wildman–Crippen LogP) is 5.55. The zero-order valence-corrected chi connectivity index (χ0v) is 20.8. The van der Waals surface area contributed by atoms with Crippen LogP contribution < -0.4 is 10.4 Å². The number of hydrogen-bond donors (Lipinski definition) is 3. The van der Waals surface area contributed by atoms with Crippen molar-refractivity contribution in [2.45, 2.75) is 40.0 Å². The number of aryl methyl sites for hydroxylation is 1. The van der Waals surface area contributed by atoms with E-state index in [1.54, 1.807) is 31.2 Å². The van der Waals surface area contributed by atoms with Crippen molar-refractivity contribution in [2.24, 2.45) is 10.2 Å². The van der Waals surface area contributed by atoms with Crippen molar-refractivity contribution >= 4 is 34.7 Å². The van der Waals surface area contributed by atoms with Gasteiger partial charge in [-0.15, -0.1) is 0 Å². The highest BCUT2D eigenvalue weighted by Gasteiger charge is 2.31. The van der Waals surface area contributed by atoms with Crippen LogP contribution in [0.3, 0.4) is 0 Å². The van der Waals surface area contributed by atoms with Crippen LogP contribution in [0.2, 0.25) is 0 Å². The first kappa shape index (κ1) is 24.7. The fourth-order valence-electron chi connectivity index (χ4n) is 3.92. The molecule has 0 saturated carbocycles. The van der Waals surface area contributed by atoms with Crippen LogP contribution in [-0.4, -0.2) is 33.5 Å². The summed E-state index contributed by atoms with van der Waals surface area (Å²) in [6, 6.07) is 17.4. The minimum Gasteiger partial charge on any atom is -0.505 e. The number of benzene rings is 3. The molecular formula is C28H28N4O4. The maximum absolute atomic E-state index is 13.1. The predicted molar refractivity (Wildman–Crippen MR) is 142 cm³/mol. The van der Waals surface area contributed by atoms with Gasteiger partial charge >= 0.3 is 11.9 Å². The molecule has 1 amide bonds. The van der Waals surface area contributed by atoms with Gasteiger partial charge in [-0.2, -0.15) is 15.2 Å². The van der Waals surface area contributed by atoms with E-state index in [0.717, 1.165) is 11.1 Å². The average molecular weight is 485 g/mol. The molecule has 0 aromatic heterocycles. The van der Waals surface area contributed by atoms with Gasteiger partial charge in [0, 0.05) is 5.56 Å². The highest BCUT2D eigenvalue weighted by Crippen LogP contribution is 2.37. The van der Waals surface area contributed by atoms with Crippen molar-refractivity contribution in [3.05, 3.63) is 77.4 Å². The number of aromatic carboxylic acids is 1. The van der Waals surface area contributed by atoms with E-state index >= 15 is 0 Å². The molecule has 0 radical (unpaired) electrons. The maximum atomic E-state index is 13.1. The van der Waals surface area contributed by atoms with Gasteiger partial charge in [0.05, 0.1) is 22.6 Å². The second-order valence-corrected chi connectivity index (χ2v) is 9.77. The highest BCUT2D eigenvalue weighted by atomic mass is 16.4. The number of nitrogens with zero attached hydrogens (tertiary/aromatic N) is 3. The minimum absolute atomic E-state index is 0.00706. The lowest BCUT2D eigenvalue weighted by Gasteiger charge is -2.20. The molecule has 0 bridgehead atoms. The fraction of sp³-hybridized carbons (Fsp3) is 0.214. The molecule has 3 aromatic rings. The van der Waals surface area contributed by atoms with E-state index in [2.05, 4.69) is 36.4 Å². The summed E-state index contributed by atoms with van der Waals surface area (Å²) in [7, 11) is 0. The van der Waals surface area contributed by atoms with Gasteiger partial charge in [0.25, 0.3) is 0 Å². The third-order valence-electron chi connectivity index (χ3n) is 5.93. The summed E-state index contributed by atoms with van der Waals surface area (Å²) in [5.41, 5.74) is 7.35. The van der Waals surface area contributed by atoms with Crippen LogP contribution in [0.4, 0.5) is 11.4 Å². The van der Waals surface area contributed by atoms with Gasteiger partial charge in [0.1, 0.15) is 5.75 Å². The number of aromatic hydroxyl groups is 1. The number of nitrogens with one attached hydrogen (secondary N) is 1. The van der Waals surface area contributed by atoms with E-state index in [1.165, 1.54) is 17.1 Å². The minimum atomic E-state index is -1.05. The first-order chi connectivity index (χ1) is 17.0. The Kier molecular flexibility index (Phi) is 6.37. The van der Waals surface area contributed by atoms with Gasteiger partial charge in [-0.1, -0.05) is 45.0 Å². The number of hydrazone groups is 2. The molecular weight excluding hydrogens is 456 g/mol. The summed E-state index contributed by atoms with van der Waals surface area (Å²) in [6.07, 6.45) is 0. The summed E-state index contributed by atoms with van der Waals surface area (Å²) in [6.45, 7) is 9.91. The Morgan fingerprint density at radius 3 is 2.36 bits per heavy atom. The van der Waals surface area contributed by atoms with Crippen LogP contribution in [0.5, 0.6) is 5.75 Å². The number of carboxylic acid groups (broad SMARTS) is 1. The summed E-state index contributed by atoms with van der Waals surface area (Å²) in [5, 5.41) is 30.2. The molecule has 8 heteroatoms. The Bertz CT molecular complexity index is 1420. The number of hydrogen-bond acceptors (Lipinski definition) is 6. The quantitative estimate of drug-likeness (QED) is 0.324. The van der Waals surface area contributed by atoms with E-state index in [4.69, 9.17) is 0 Å². The Morgan fingerprint density at radius 2 is 1.72 bits per heavy atom. The van der Waals surface area contributed by atoms with Crippen molar-refractivity contribution in [2.75, 3.05) is 10.4 Å². The third-order valence-corrected chi connectivity index (χ3v) is 5.93. The van der Waals surface area contributed by atoms with Crippen molar-refractivity contribution in [1.29, 1.82) is 0 Å². The molecule has 0 aliphatic carbocycles. The summed E-state index contributed by atoms with van der Waals surface area (Å²) < 4.78 is 0. The van der Waals surface area contributed by atoms with Crippen LogP contribution in [0.25, 0.3) is 11.1 Å². The van der Waals surface area contributed by atoms with Crippen LogP contribution >= 0.6 is 0 Å². The number of amides is 1. The van der Waals surface area contributed by atoms with Crippen molar-refractivity contribution in [3.63, 3.8) is 0 Å². The van der Waals surface area contributed by atoms with Crippen LogP contribution in [0, 0.1) is 6.92 Å². The summed E-state index contributed by atoms with van der Waals surface area (Å²) >= 11 is 0. The normalized spacial score (nSPS) is 14.8. The molecule has 0 spiro atoms. The number of carbonyl (C=O) groups is 2. The Morgan fingerprint density at radius 1 is 1.03 bits per heavy atom. The maximum Gasteiger partial charge on any atom is 0.335 e. The molecule has 0 fully saturated rings. The molecule has 0 saturated heterocycles. The molecule has 8 nitrogen and oxygen atoms in total. The number of carboxylic acids is 1. The highest BCUT2D eigenvalue weighted by molar-refractivity contribution is 6.71. The molecule has 0 atom stereocenters. The first-order valence-electron chi connectivity index (χ1n) is 11.5. The second-order valence-electron chi connectivity index (χ2n) is 9.77. The van der Waals surface area contributed by atoms with Crippen molar-refractivity contribution in [1.82, 2.24) is 0 Å². The van der Waals surface area contributed by atoms with Gasteiger partial charge in [0.2, 0.25) is 0 Å². The van der Waals surface area contributed by atoms with Crippen LogP contribution in [-0.2, 0) is 10.2 Å². The zero-order valence-electron chi connectivity index (χ0n) is 20.8. The van der Waals surface area contributed by atoms with Crippen LogP contribution in [0.1, 0.15) is 49.2 Å². The molecule has 1 aliphatic rings. The van der Waals surface area contributed by atoms with Gasteiger partial charge in [-0.25, -0.2) is 4.79 Å². The number of phenolic OH excluding ortho intramolecular Hbond substituents is 1. The first-order valence-corrected chi connectivity index (χ1v) is 11.5. The number of anilines is 2. The van der Waals surface area contributed by atoms with Crippen molar-refractivity contribution < 1.29 is 19.8 Å². The molecule has 0 unspecified atom stereocenters. The van der Waals surface area contributed by atoms with Crippen molar-refractivity contribution in [3.8, 4) is 16.9 Å². The van der Waals surface area contributed by atoms with Gasteiger partial charge in [-0.3, -0.25) is 10.2 Å². The smallest absolute Gasteiger partial charge is 0.335 e. The van der Waals surface area contributed by atoms with Gasteiger partial charge < -0.3 is 10.2 Å². The van der Waals surface area contributed by atoms with Gasteiger partial charge in [0.15, 0.2) is 5.71 Å². The summed E-state index contributed by atoms with van der Waals surface area (Å²) in [4.78, 5) is 24.4. The third kappa shape index (κ3) is 4.84. The molecule has 36 heavy (non-hydrogen) atoms. The fourth-order valence-corrected chi connectivity index (χ4v) is 3.92. The Balaban J connectivity index is 1.61. The van der Waals surface area contributed by atoms with Gasteiger partial charge in [-0.05, 0) is 72.4 Å². The molecule has 4 rings (SSSR count). The largest absolute Gasteiger partial charge is 0.505 e. The monoisotopic (exact) mass is 484 g/mol. The van der Waals surface area contributed by atoms with E-state index in [9.17, 15) is 19.8 Å². The van der Waals surface area contributed by atoms with E-state index in [-0.39, 0.29) is 34.0 Å². The van der Waals surface area contributed by atoms with E-state index in [0.29, 0.717) is 22.5 Å². The standard InChI is InChI=1S/C28H28N4O4/c1-16-13-22(18-7-6-8-19(15-18)27(35)36)25(33)23(14-16)29-30-24-17(2)31-32(26(24)34)21-11-9-20(10-12-21)28(3,4)5/h6-15,29,33H,1-5H3,(H,35,36)/b30-24-. The average Bonchev–Trinajstić information content (AvgIpc) is 3.12. The second kappa shape index (κ2) is 9.30. The molecule has 3 N–H and O–H groups in total. The number of rotatable bonds is 5. The van der Waals surface area contributed by atoms with Crippen LogP contribution in [0.15, 0.2) is 70.9 Å². The lowest BCUT2D eigenvalue weighted by Crippen LogP contribution is -2.28. The van der Waals surface area contributed by atoms with E-state index in [1.807, 2.05) is 31.2 Å². The van der Waals surface area contributed by atoms with E-state index < -0.39 is 5.97 Å².